The SMILES string of the molecule is CCCCOC(=O)NC(CC)C(=O)Cn1nnnc1Sc1c(Cl)cc(NC(C)=O)cc1Cl. The highest BCUT2D eigenvalue weighted by Gasteiger charge is 2.23. The molecule has 1 aromatic heterocycles. The molecule has 1 aromatic carbocycles. The van der Waals surface area contributed by atoms with Crippen LogP contribution in [0.3, 0.4) is 0 Å². The highest BCUT2D eigenvalue weighted by atomic mass is 35.5. The first-order valence-electron chi connectivity index (χ1n) is 9.91. The molecule has 1 unspecified atom stereocenters. The van der Waals surface area contributed by atoms with E-state index in [-0.39, 0.29) is 33.4 Å². The first-order chi connectivity index (χ1) is 15.2. The number of amides is 2. The van der Waals surface area contributed by atoms with Crippen LogP contribution in [0, 0.1) is 0 Å². The smallest absolute Gasteiger partial charge is 0.407 e. The van der Waals surface area contributed by atoms with Gasteiger partial charge < -0.3 is 15.4 Å². The third-order valence-corrected chi connectivity index (χ3v) is 6.08. The van der Waals surface area contributed by atoms with E-state index >= 15 is 0 Å². The van der Waals surface area contributed by atoms with Crippen LogP contribution in [-0.4, -0.2) is 50.6 Å². The van der Waals surface area contributed by atoms with Crippen LogP contribution in [0.15, 0.2) is 22.2 Å². The fourth-order valence-corrected chi connectivity index (χ4v) is 4.05. The molecular formula is C19H24Cl2N6O4S. The average molecular weight is 503 g/mol. The lowest BCUT2D eigenvalue weighted by molar-refractivity contribution is -0.122. The Morgan fingerprint density at radius 2 is 1.91 bits per heavy atom. The van der Waals surface area contributed by atoms with Crippen LogP contribution < -0.4 is 10.6 Å². The van der Waals surface area contributed by atoms with Gasteiger partial charge in [0.1, 0.15) is 6.54 Å². The van der Waals surface area contributed by atoms with Crippen LogP contribution in [0.4, 0.5) is 10.5 Å². The van der Waals surface area contributed by atoms with Gasteiger partial charge in [0.05, 0.1) is 27.6 Å². The number of nitrogens with zero attached hydrogens (tertiary/aromatic N) is 4. The molecule has 2 amide bonds. The van der Waals surface area contributed by atoms with Gasteiger partial charge in [0.2, 0.25) is 11.1 Å². The summed E-state index contributed by atoms with van der Waals surface area (Å²) in [6.07, 6.45) is 1.39. The minimum Gasteiger partial charge on any atom is -0.450 e. The highest BCUT2D eigenvalue weighted by Crippen LogP contribution is 2.39. The summed E-state index contributed by atoms with van der Waals surface area (Å²) in [6, 6.07) is 2.37. The van der Waals surface area contributed by atoms with Crippen molar-refractivity contribution in [2.45, 2.75) is 62.7 Å². The van der Waals surface area contributed by atoms with Gasteiger partial charge in [-0.15, -0.1) is 5.10 Å². The minimum atomic E-state index is -0.740. The van der Waals surface area contributed by atoms with E-state index < -0.39 is 12.1 Å². The first-order valence-corrected chi connectivity index (χ1v) is 11.5. The summed E-state index contributed by atoms with van der Waals surface area (Å²) in [5.41, 5.74) is 0.453. The number of rotatable bonds is 11. The number of carbonyl (C=O) groups is 3. The van der Waals surface area contributed by atoms with Crippen LogP contribution >= 0.6 is 35.0 Å². The Bertz CT molecular complexity index is 948. The predicted molar refractivity (Wildman–Crippen MR) is 121 cm³/mol. The number of carbonyl (C=O) groups excluding carboxylic acids is 3. The van der Waals surface area contributed by atoms with Crippen LogP contribution in [0.2, 0.25) is 10.0 Å². The largest absolute Gasteiger partial charge is 0.450 e. The molecule has 0 radical (unpaired) electrons. The second-order valence-electron chi connectivity index (χ2n) is 6.73. The van der Waals surface area contributed by atoms with Crippen molar-refractivity contribution in [1.82, 2.24) is 25.5 Å². The zero-order valence-electron chi connectivity index (χ0n) is 17.9. The van der Waals surface area contributed by atoms with E-state index in [1.165, 1.54) is 11.6 Å². The van der Waals surface area contributed by atoms with Crippen molar-refractivity contribution in [1.29, 1.82) is 0 Å². The number of tetrazole rings is 1. The maximum atomic E-state index is 12.7. The average Bonchev–Trinajstić information content (AvgIpc) is 3.15. The normalized spacial score (nSPS) is 11.7. The summed E-state index contributed by atoms with van der Waals surface area (Å²) >= 11 is 13.7. The summed E-state index contributed by atoms with van der Waals surface area (Å²) in [4.78, 5) is 36.3. The molecule has 0 fully saturated rings. The second kappa shape index (κ2) is 12.6. The van der Waals surface area contributed by atoms with Crippen LogP contribution in [0.25, 0.3) is 0 Å². The summed E-state index contributed by atoms with van der Waals surface area (Å²) in [7, 11) is 0. The Kier molecular flexibility index (Phi) is 10.2. The Hall–Kier alpha value is -2.37. The number of alkyl carbamates (subject to hydrolysis) is 1. The molecule has 0 saturated carbocycles. The standard InChI is InChI=1S/C19H24Cl2N6O4S/c1-4-6-7-31-19(30)23-15(5-2)16(29)10-27-18(24-25-26-27)32-17-13(20)8-12(9-14(17)21)22-11(3)28/h8-9,15H,4-7,10H2,1-3H3,(H,22,28)(H,23,30). The number of hydrogen-bond donors (Lipinski definition) is 2. The quantitative estimate of drug-likeness (QED) is 0.441. The molecule has 2 N–H and O–H groups in total. The molecule has 2 rings (SSSR count). The second-order valence-corrected chi connectivity index (χ2v) is 8.52. The fourth-order valence-electron chi connectivity index (χ4n) is 2.55. The van der Waals surface area contributed by atoms with E-state index in [0.29, 0.717) is 23.6 Å². The molecule has 2 aromatic rings. The van der Waals surface area contributed by atoms with Crippen LogP contribution in [-0.2, 0) is 20.9 Å². The lowest BCUT2D eigenvalue weighted by Gasteiger charge is -2.16. The molecule has 1 heterocycles. The number of Topliss-reactive ketones (excluding diaryl/α,β-unsaturated/α-hetero) is 1. The van der Waals surface area contributed by atoms with Crippen molar-refractivity contribution in [3.63, 3.8) is 0 Å². The van der Waals surface area contributed by atoms with E-state index in [4.69, 9.17) is 27.9 Å². The van der Waals surface area contributed by atoms with Crippen LogP contribution in [0.1, 0.15) is 40.0 Å². The molecule has 0 saturated heterocycles. The number of ketones is 1. The number of ether oxygens (including phenoxy) is 1. The van der Waals surface area contributed by atoms with Crippen molar-refractivity contribution in [2.24, 2.45) is 0 Å². The lowest BCUT2D eigenvalue weighted by atomic mass is 10.1. The number of halogens is 2. The molecule has 1 atom stereocenters. The molecule has 0 aliphatic rings. The van der Waals surface area contributed by atoms with Gasteiger partial charge in [-0.2, -0.15) is 0 Å². The summed E-state index contributed by atoms with van der Waals surface area (Å²) in [5, 5.41) is 17.4. The fraction of sp³-hybridized carbons (Fsp3) is 0.474. The van der Waals surface area contributed by atoms with Crippen molar-refractivity contribution in [2.75, 3.05) is 11.9 Å². The zero-order valence-corrected chi connectivity index (χ0v) is 20.2. The van der Waals surface area contributed by atoms with E-state index in [1.54, 1.807) is 19.1 Å². The number of benzene rings is 1. The van der Waals surface area contributed by atoms with Gasteiger partial charge in [0.25, 0.3) is 0 Å². The van der Waals surface area contributed by atoms with Gasteiger partial charge in [0.15, 0.2) is 5.78 Å². The molecule has 0 aliphatic heterocycles. The number of unbranched alkanes of at least 4 members (excludes halogenated alkanes) is 1. The predicted octanol–water partition coefficient (Wildman–Crippen LogP) is 3.96. The number of nitrogens with one attached hydrogen (secondary N) is 2. The molecule has 0 bridgehead atoms. The van der Waals surface area contributed by atoms with Crippen LogP contribution in [0.5, 0.6) is 0 Å². The van der Waals surface area contributed by atoms with E-state index in [1.807, 2.05) is 6.92 Å². The maximum Gasteiger partial charge on any atom is 0.407 e. The summed E-state index contributed by atoms with van der Waals surface area (Å²) in [6.45, 7) is 5.27. The van der Waals surface area contributed by atoms with E-state index in [0.717, 1.165) is 24.6 Å². The third-order valence-electron chi connectivity index (χ3n) is 4.14. The van der Waals surface area contributed by atoms with Gasteiger partial charge >= 0.3 is 6.09 Å². The van der Waals surface area contributed by atoms with Crippen molar-refractivity contribution < 1.29 is 19.1 Å². The molecule has 10 nitrogen and oxygen atoms in total. The monoisotopic (exact) mass is 502 g/mol. The molecule has 174 valence electrons. The molecule has 0 aliphatic carbocycles. The minimum absolute atomic E-state index is 0.164. The molecule has 13 heteroatoms. The number of anilines is 1. The Morgan fingerprint density at radius 1 is 1.22 bits per heavy atom. The molecular weight excluding hydrogens is 479 g/mol. The molecule has 32 heavy (non-hydrogen) atoms. The van der Waals surface area contributed by atoms with E-state index in [2.05, 4.69) is 26.2 Å². The van der Waals surface area contributed by atoms with Gasteiger partial charge in [-0.1, -0.05) is 43.5 Å². The Balaban J connectivity index is 2.08. The number of hydrogen-bond acceptors (Lipinski definition) is 8. The summed E-state index contributed by atoms with van der Waals surface area (Å²) < 4.78 is 6.35. The Labute approximate surface area is 199 Å². The van der Waals surface area contributed by atoms with Crippen molar-refractivity contribution >= 4 is 58.4 Å². The maximum absolute atomic E-state index is 12.7. The Morgan fingerprint density at radius 3 is 2.50 bits per heavy atom. The van der Waals surface area contributed by atoms with Crippen molar-refractivity contribution in [3.8, 4) is 0 Å². The molecule has 0 spiro atoms. The number of aromatic nitrogens is 4. The highest BCUT2D eigenvalue weighted by molar-refractivity contribution is 7.99. The lowest BCUT2D eigenvalue weighted by Crippen LogP contribution is -2.42. The first kappa shape index (κ1) is 25.9. The topological polar surface area (TPSA) is 128 Å². The van der Waals surface area contributed by atoms with Gasteiger partial charge in [-0.3, -0.25) is 9.59 Å². The third kappa shape index (κ3) is 7.64. The zero-order chi connectivity index (χ0) is 23.7. The van der Waals surface area contributed by atoms with Gasteiger partial charge in [-0.05, 0) is 47.2 Å². The van der Waals surface area contributed by atoms with Crippen molar-refractivity contribution in [3.05, 3.63) is 22.2 Å². The van der Waals surface area contributed by atoms with Gasteiger partial charge in [0, 0.05) is 12.6 Å². The summed E-state index contributed by atoms with van der Waals surface area (Å²) in [5.74, 6) is -0.541. The van der Waals surface area contributed by atoms with Gasteiger partial charge in [-0.25, -0.2) is 9.48 Å². The van der Waals surface area contributed by atoms with E-state index in [9.17, 15) is 14.4 Å².